The third kappa shape index (κ3) is 4.72. The van der Waals surface area contributed by atoms with Crippen molar-refractivity contribution in [2.45, 2.75) is 6.92 Å². The van der Waals surface area contributed by atoms with Gasteiger partial charge in [-0.3, -0.25) is 9.78 Å². The topological polar surface area (TPSA) is 51.2 Å². The van der Waals surface area contributed by atoms with Crippen molar-refractivity contribution in [2.75, 3.05) is 25.1 Å². The molecule has 0 bridgehead atoms. The number of hydrogen-bond acceptors (Lipinski definition) is 3. The fraction of sp³-hybridized carbons (Fsp3) is 0.455. The summed E-state index contributed by atoms with van der Waals surface area (Å²) >= 11 is 3.25. The van der Waals surface area contributed by atoms with Gasteiger partial charge in [-0.15, -0.1) is 0 Å². The molecule has 5 heteroatoms. The monoisotopic (exact) mass is 286 g/mol. The van der Waals surface area contributed by atoms with Crippen molar-refractivity contribution in [1.29, 1.82) is 0 Å². The molecule has 0 aromatic carbocycles. The van der Waals surface area contributed by atoms with Gasteiger partial charge < -0.3 is 10.1 Å². The van der Waals surface area contributed by atoms with Crippen LogP contribution in [0.2, 0.25) is 0 Å². The third-order valence-corrected chi connectivity index (χ3v) is 2.25. The maximum atomic E-state index is 11.6. The lowest BCUT2D eigenvalue weighted by atomic mass is 10.2. The minimum Gasteiger partial charge on any atom is -0.379 e. The average molecular weight is 287 g/mol. The molecular weight excluding hydrogens is 272 g/mol. The quantitative estimate of drug-likeness (QED) is 0.637. The molecule has 1 N–H and O–H groups in total. The van der Waals surface area contributed by atoms with Crippen molar-refractivity contribution >= 4 is 21.8 Å². The number of hydrogen-bond donors (Lipinski definition) is 1. The largest absolute Gasteiger partial charge is 0.379 e. The summed E-state index contributed by atoms with van der Waals surface area (Å²) in [5.41, 5.74) is 1.48. The molecular formula is C11H15BrN2O2. The highest BCUT2D eigenvalue weighted by molar-refractivity contribution is 9.09. The number of aromatic nitrogens is 1. The summed E-state index contributed by atoms with van der Waals surface area (Å²) in [4.78, 5) is 15.6. The molecule has 1 heterocycles. The van der Waals surface area contributed by atoms with Gasteiger partial charge in [0.05, 0.1) is 18.8 Å². The zero-order valence-corrected chi connectivity index (χ0v) is 10.8. The summed E-state index contributed by atoms with van der Waals surface area (Å²) in [5, 5.41) is 3.57. The Kier molecular flexibility index (Phi) is 6.03. The zero-order chi connectivity index (χ0) is 11.8. The van der Waals surface area contributed by atoms with Crippen molar-refractivity contribution in [2.24, 2.45) is 0 Å². The average Bonchev–Trinajstić information content (AvgIpc) is 2.29. The Labute approximate surface area is 104 Å². The van der Waals surface area contributed by atoms with E-state index in [0.717, 1.165) is 11.0 Å². The second-order valence-corrected chi connectivity index (χ2v) is 4.04. The van der Waals surface area contributed by atoms with Crippen LogP contribution in [0.5, 0.6) is 0 Å². The van der Waals surface area contributed by atoms with Gasteiger partial charge in [0.15, 0.2) is 0 Å². The molecule has 1 amide bonds. The van der Waals surface area contributed by atoms with Gasteiger partial charge in [-0.1, -0.05) is 15.9 Å². The molecule has 16 heavy (non-hydrogen) atoms. The molecule has 0 spiro atoms. The second-order valence-electron chi connectivity index (χ2n) is 3.25. The summed E-state index contributed by atoms with van der Waals surface area (Å²) < 4.78 is 5.21. The van der Waals surface area contributed by atoms with E-state index in [4.69, 9.17) is 4.74 Å². The number of carbonyl (C=O) groups excluding carboxylic acids is 1. The van der Waals surface area contributed by atoms with Crippen LogP contribution in [0.4, 0.5) is 0 Å². The van der Waals surface area contributed by atoms with Gasteiger partial charge in [0, 0.05) is 23.8 Å². The number of ether oxygens (including phenoxy) is 1. The molecule has 0 unspecified atom stereocenters. The van der Waals surface area contributed by atoms with Crippen molar-refractivity contribution in [3.63, 3.8) is 0 Å². The Balaban J connectivity index is 2.27. The Hall–Kier alpha value is -0.940. The molecule has 0 aliphatic heterocycles. The number of nitrogens with zero attached hydrogens (tertiary/aromatic N) is 1. The first-order chi connectivity index (χ1) is 7.74. The smallest absolute Gasteiger partial charge is 0.252 e. The minimum absolute atomic E-state index is 0.116. The maximum absolute atomic E-state index is 11.6. The predicted molar refractivity (Wildman–Crippen MR) is 65.9 cm³/mol. The van der Waals surface area contributed by atoms with E-state index in [1.165, 1.54) is 0 Å². The summed E-state index contributed by atoms with van der Waals surface area (Å²) in [6.07, 6.45) is 1.57. The van der Waals surface area contributed by atoms with Crippen LogP contribution in [-0.4, -0.2) is 36.0 Å². The first-order valence-electron chi connectivity index (χ1n) is 5.08. The summed E-state index contributed by atoms with van der Waals surface area (Å²) in [6.45, 7) is 3.58. The third-order valence-electron chi connectivity index (χ3n) is 1.93. The number of pyridine rings is 1. The summed E-state index contributed by atoms with van der Waals surface area (Å²) in [6, 6.07) is 3.58. The number of alkyl halides is 1. The van der Waals surface area contributed by atoms with Gasteiger partial charge >= 0.3 is 0 Å². The standard InChI is InChI=1S/C11H15BrN2O2/c1-9-2-3-10(8-14-9)11(15)13-5-7-16-6-4-12/h2-3,8H,4-7H2,1H3,(H,13,15). The van der Waals surface area contributed by atoms with Crippen LogP contribution in [0.3, 0.4) is 0 Å². The van der Waals surface area contributed by atoms with Crippen LogP contribution >= 0.6 is 15.9 Å². The molecule has 0 saturated carbocycles. The molecule has 0 aliphatic rings. The highest BCUT2D eigenvalue weighted by Gasteiger charge is 2.03. The van der Waals surface area contributed by atoms with Crippen LogP contribution in [0.1, 0.15) is 16.1 Å². The summed E-state index contributed by atoms with van der Waals surface area (Å²) in [7, 11) is 0. The van der Waals surface area contributed by atoms with E-state index in [9.17, 15) is 4.79 Å². The number of carbonyl (C=O) groups is 1. The van der Waals surface area contributed by atoms with E-state index in [0.29, 0.717) is 25.3 Å². The number of rotatable bonds is 6. The van der Waals surface area contributed by atoms with E-state index in [-0.39, 0.29) is 5.91 Å². The molecule has 1 rings (SSSR count). The second kappa shape index (κ2) is 7.35. The van der Waals surface area contributed by atoms with Gasteiger partial charge in [0.2, 0.25) is 0 Å². The van der Waals surface area contributed by atoms with Crippen molar-refractivity contribution in [1.82, 2.24) is 10.3 Å². The fourth-order valence-electron chi connectivity index (χ4n) is 1.10. The van der Waals surface area contributed by atoms with E-state index in [1.807, 2.05) is 13.0 Å². The fourth-order valence-corrected chi connectivity index (χ4v) is 1.33. The van der Waals surface area contributed by atoms with Gasteiger partial charge in [-0.2, -0.15) is 0 Å². The van der Waals surface area contributed by atoms with Gasteiger partial charge in [-0.25, -0.2) is 0 Å². The molecule has 88 valence electrons. The molecule has 0 atom stereocenters. The molecule has 0 saturated heterocycles. The van der Waals surface area contributed by atoms with Crippen molar-refractivity contribution in [3.8, 4) is 0 Å². The summed E-state index contributed by atoms with van der Waals surface area (Å²) in [5.74, 6) is -0.116. The molecule has 4 nitrogen and oxygen atoms in total. The first kappa shape index (κ1) is 13.1. The van der Waals surface area contributed by atoms with Gasteiger partial charge in [-0.05, 0) is 19.1 Å². The van der Waals surface area contributed by atoms with Crippen LogP contribution in [0.15, 0.2) is 18.3 Å². The maximum Gasteiger partial charge on any atom is 0.252 e. The van der Waals surface area contributed by atoms with E-state index in [2.05, 4.69) is 26.2 Å². The number of halogens is 1. The van der Waals surface area contributed by atoms with Crippen LogP contribution in [0, 0.1) is 6.92 Å². The zero-order valence-electron chi connectivity index (χ0n) is 9.20. The predicted octanol–water partition coefficient (Wildman–Crippen LogP) is 1.53. The van der Waals surface area contributed by atoms with Crippen molar-refractivity contribution in [3.05, 3.63) is 29.6 Å². The molecule has 1 aromatic rings. The van der Waals surface area contributed by atoms with Crippen LogP contribution in [0.25, 0.3) is 0 Å². The lowest BCUT2D eigenvalue weighted by molar-refractivity contribution is 0.0924. The lowest BCUT2D eigenvalue weighted by Crippen LogP contribution is -2.27. The highest BCUT2D eigenvalue weighted by atomic mass is 79.9. The number of nitrogens with one attached hydrogen (secondary N) is 1. The molecule has 0 fully saturated rings. The SMILES string of the molecule is Cc1ccc(C(=O)NCCOCCBr)cn1. The van der Waals surface area contributed by atoms with Gasteiger partial charge in [0.1, 0.15) is 0 Å². The van der Waals surface area contributed by atoms with Crippen molar-refractivity contribution < 1.29 is 9.53 Å². The minimum atomic E-state index is -0.116. The Morgan fingerprint density at radius 1 is 1.50 bits per heavy atom. The Bertz CT molecular complexity index is 327. The Morgan fingerprint density at radius 2 is 2.31 bits per heavy atom. The lowest BCUT2D eigenvalue weighted by Gasteiger charge is -2.05. The normalized spacial score (nSPS) is 10.1. The first-order valence-corrected chi connectivity index (χ1v) is 6.20. The van der Waals surface area contributed by atoms with E-state index >= 15 is 0 Å². The van der Waals surface area contributed by atoms with Crippen LogP contribution in [-0.2, 0) is 4.74 Å². The molecule has 0 radical (unpaired) electrons. The van der Waals surface area contributed by atoms with E-state index < -0.39 is 0 Å². The number of amides is 1. The molecule has 0 aliphatic carbocycles. The van der Waals surface area contributed by atoms with Crippen LogP contribution < -0.4 is 5.32 Å². The molecule has 1 aromatic heterocycles. The van der Waals surface area contributed by atoms with E-state index in [1.54, 1.807) is 12.3 Å². The Morgan fingerprint density at radius 3 is 2.94 bits per heavy atom. The number of aryl methyl sites for hydroxylation is 1. The van der Waals surface area contributed by atoms with Gasteiger partial charge in [0.25, 0.3) is 5.91 Å². The highest BCUT2D eigenvalue weighted by Crippen LogP contribution is 1.98.